The Morgan fingerprint density at radius 2 is 1.70 bits per heavy atom. The van der Waals surface area contributed by atoms with Crippen LogP contribution in [0.15, 0.2) is 59.9 Å². The molecular weight excluding hydrogens is 368 g/mol. The van der Waals surface area contributed by atoms with Crippen molar-refractivity contribution in [2.24, 2.45) is 0 Å². The first-order valence-corrected chi connectivity index (χ1v) is 9.37. The zero-order chi connectivity index (χ0) is 19.4. The van der Waals surface area contributed by atoms with Gasteiger partial charge in [0.2, 0.25) is 5.91 Å². The summed E-state index contributed by atoms with van der Waals surface area (Å²) in [6, 6.07) is 12.1. The van der Waals surface area contributed by atoms with Crippen molar-refractivity contribution in [2.75, 3.05) is 12.8 Å². The lowest BCUT2D eigenvalue weighted by molar-refractivity contribution is -0.128. The molecule has 0 spiro atoms. The number of aromatic amines is 1. The monoisotopic (exact) mass is 387 g/mol. The normalized spacial score (nSPS) is 12.0. The molecule has 3 rings (SSSR count). The van der Waals surface area contributed by atoms with Gasteiger partial charge in [0.05, 0.1) is 23.7 Å². The van der Waals surface area contributed by atoms with E-state index in [0.717, 1.165) is 16.8 Å². The second kappa shape index (κ2) is 8.35. The van der Waals surface area contributed by atoms with Crippen LogP contribution < -0.4 is 0 Å². The van der Waals surface area contributed by atoms with E-state index < -0.39 is 0 Å². The van der Waals surface area contributed by atoms with Crippen molar-refractivity contribution in [3.8, 4) is 11.3 Å². The number of carbonyl (C=O) groups excluding carboxylic acids is 1. The lowest BCUT2D eigenvalue weighted by Crippen LogP contribution is -2.31. The third-order valence-electron chi connectivity index (χ3n) is 4.37. The lowest BCUT2D eigenvalue weighted by atomic mass is 10.1. The fourth-order valence-corrected chi connectivity index (χ4v) is 3.34. The van der Waals surface area contributed by atoms with Crippen LogP contribution in [0.2, 0.25) is 0 Å². The quantitative estimate of drug-likeness (QED) is 0.626. The Kier molecular flexibility index (Phi) is 5.91. The molecule has 0 fully saturated rings. The number of nitrogens with one attached hydrogen (secondary N) is 1. The van der Waals surface area contributed by atoms with Crippen LogP contribution in [-0.4, -0.2) is 33.6 Å². The number of hydrogen-bond donors (Lipinski definition) is 1. The smallest absolute Gasteiger partial charge is 0.233 e. The van der Waals surface area contributed by atoms with Crippen molar-refractivity contribution in [3.05, 3.63) is 71.9 Å². The molecule has 7 heteroatoms. The maximum atomic E-state index is 13.0. The molecule has 2 aromatic carbocycles. The van der Waals surface area contributed by atoms with Crippen molar-refractivity contribution < 1.29 is 13.6 Å². The van der Waals surface area contributed by atoms with Crippen LogP contribution in [0, 0.1) is 11.6 Å². The number of aromatic nitrogens is 2. The van der Waals surface area contributed by atoms with Gasteiger partial charge in [-0.15, -0.1) is 0 Å². The average molecular weight is 387 g/mol. The number of H-pyrrole nitrogens is 1. The number of halogens is 2. The molecule has 1 atom stereocenters. The van der Waals surface area contributed by atoms with Crippen molar-refractivity contribution in [1.29, 1.82) is 0 Å². The predicted octanol–water partition coefficient (Wildman–Crippen LogP) is 4.67. The summed E-state index contributed by atoms with van der Waals surface area (Å²) < 4.78 is 26.1. The highest BCUT2D eigenvalue weighted by molar-refractivity contribution is 7.99. The molecule has 1 N–H and O–H groups in total. The van der Waals surface area contributed by atoms with Crippen molar-refractivity contribution in [2.45, 2.75) is 18.1 Å². The molecule has 1 amide bonds. The number of imidazole rings is 1. The number of thioether (sulfide) groups is 1. The van der Waals surface area contributed by atoms with E-state index in [1.54, 1.807) is 42.4 Å². The highest BCUT2D eigenvalue weighted by Crippen LogP contribution is 2.24. The van der Waals surface area contributed by atoms with Crippen molar-refractivity contribution in [3.63, 3.8) is 0 Å². The molecule has 0 radical (unpaired) electrons. The van der Waals surface area contributed by atoms with Crippen LogP contribution in [0.1, 0.15) is 18.5 Å². The van der Waals surface area contributed by atoms with Gasteiger partial charge >= 0.3 is 0 Å². The number of carbonyl (C=O) groups is 1. The summed E-state index contributed by atoms with van der Waals surface area (Å²) in [6.45, 7) is 1.90. The summed E-state index contributed by atoms with van der Waals surface area (Å²) >= 11 is 1.30. The van der Waals surface area contributed by atoms with Crippen LogP contribution >= 0.6 is 11.8 Å². The van der Waals surface area contributed by atoms with Crippen LogP contribution in [0.25, 0.3) is 11.3 Å². The summed E-state index contributed by atoms with van der Waals surface area (Å²) in [5, 5.41) is 0.616. The highest BCUT2D eigenvalue weighted by atomic mass is 32.2. The van der Waals surface area contributed by atoms with Gasteiger partial charge in [-0.1, -0.05) is 23.9 Å². The topological polar surface area (TPSA) is 49.0 Å². The molecule has 1 heterocycles. The number of rotatable bonds is 6. The van der Waals surface area contributed by atoms with Gasteiger partial charge < -0.3 is 9.88 Å². The van der Waals surface area contributed by atoms with Gasteiger partial charge in [0.25, 0.3) is 0 Å². The third-order valence-corrected chi connectivity index (χ3v) is 5.24. The fourth-order valence-electron chi connectivity index (χ4n) is 2.57. The van der Waals surface area contributed by atoms with E-state index in [4.69, 9.17) is 0 Å². The van der Waals surface area contributed by atoms with Gasteiger partial charge in [-0.05, 0) is 54.4 Å². The van der Waals surface area contributed by atoms with E-state index in [9.17, 15) is 13.6 Å². The SMILES string of the molecule is CC(c1ccc(F)cc1)N(C)C(=O)CSc1ncc(-c2ccc(F)cc2)[nH]1. The molecule has 0 aliphatic carbocycles. The molecular formula is C20H19F2N3OS. The standard InChI is InChI=1S/C20H19F2N3OS/c1-13(14-3-7-16(21)8-4-14)25(2)19(26)12-27-20-23-11-18(24-20)15-5-9-17(22)10-6-15/h3-11,13H,12H2,1-2H3,(H,23,24). The van der Waals surface area contributed by atoms with E-state index >= 15 is 0 Å². The van der Waals surface area contributed by atoms with Crippen LogP contribution in [0.5, 0.6) is 0 Å². The molecule has 27 heavy (non-hydrogen) atoms. The minimum atomic E-state index is -0.301. The summed E-state index contributed by atoms with van der Waals surface area (Å²) in [5.41, 5.74) is 2.45. The molecule has 1 aromatic heterocycles. The van der Waals surface area contributed by atoms with Crippen molar-refractivity contribution >= 4 is 17.7 Å². The summed E-state index contributed by atoms with van der Waals surface area (Å²) in [4.78, 5) is 21.5. The highest BCUT2D eigenvalue weighted by Gasteiger charge is 2.18. The summed E-state index contributed by atoms with van der Waals surface area (Å²) in [5.74, 6) is -0.433. The Labute approximate surface area is 160 Å². The molecule has 1 unspecified atom stereocenters. The Hall–Kier alpha value is -2.67. The second-order valence-electron chi connectivity index (χ2n) is 6.13. The fraction of sp³-hybridized carbons (Fsp3) is 0.200. The third kappa shape index (κ3) is 4.74. The minimum absolute atomic E-state index is 0.0587. The molecule has 0 aliphatic rings. The van der Waals surface area contributed by atoms with Gasteiger partial charge in [-0.3, -0.25) is 4.79 Å². The van der Waals surface area contributed by atoms with Gasteiger partial charge in [-0.25, -0.2) is 13.8 Å². The average Bonchev–Trinajstić information content (AvgIpc) is 3.15. The molecule has 140 valence electrons. The van der Waals surface area contributed by atoms with Gasteiger partial charge in [0.15, 0.2) is 5.16 Å². The molecule has 3 aromatic rings. The summed E-state index contributed by atoms with van der Waals surface area (Å²) in [6.07, 6.45) is 1.66. The zero-order valence-corrected chi connectivity index (χ0v) is 15.8. The van der Waals surface area contributed by atoms with E-state index in [1.807, 2.05) is 6.92 Å². The zero-order valence-electron chi connectivity index (χ0n) is 14.9. The van der Waals surface area contributed by atoms with E-state index in [-0.39, 0.29) is 29.3 Å². The minimum Gasteiger partial charge on any atom is -0.338 e. The first-order valence-electron chi connectivity index (χ1n) is 8.39. The predicted molar refractivity (Wildman–Crippen MR) is 102 cm³/mol. The van der Waals surface area contributed by atoms with Gasteiger partial charge in [0.1, 0.15) is 11.6 Å². The van der Waals surface area contributed by atoms with Crippen molar-refractivity contribution in [1.82, 2.24) is 14.9 Å². The molecule has 0 aliphatic heterocycles. The van der Waals surface area contributed by atoms with Crippen LogP contribution in [-0.2, 0) is 4.79 Å². The van der Waals surface area contributed by atoms with E-state index in [2.05, 4.69) is 9.97 Å². The van der Waals surface area contributed by atoms with Gasteiger partial charge in [0, 0.05) is 7.05 Å². The Morgan fingerprint density at radius 3 is 2.33 bits per heavy atom. The number of amides is 1. The molecule has 0 bridgehead atoms. The van der Waals surface area contributed by atoms with Crippen LogP contribution in [0.3, 0.4) is 0 Å². The maximum absolute atomic E-state index is 13.0. The molecule has 4 nitrogen and oxygen atoms in total. The van der Waals surface area contributed by atoms with E-state index in [1.165, 1.54) is 36.0 Å². The molecule has 0 saturated carbocycles. The van der Waals surface area contributed by atoms with E-state index in [0.29, 0.717) is 5.16 Å². The second-order valence-corrected chi connectivity index (χ2v) is 7.09. The number of hydrogen-bond acceptors (Lipinski definition) is 3. The first kappa shape index (κ1) is 19.1. The van der Waals surface area contributed by atoms with Gasteiger partial charge in [-0.2, -0.15) is 0 Å². The number of benzene rings is 2. The molecule has 0 saturated heterocycles. The largest absolute Gasteiger partial charge is 0.338 e. The number of nitrogens with zero attached hydrogens (tertiary/aromatic N) is 2. The maximum Gasteiger partial charge on any atom is 0.233 e. The lowest BCUT2D eigenvalue weighted by Gasteiger charge is -2.25. The first-order chi connectivity index (χ1) is 12.9. The Bertz CT molecular complexity index is 910. The Balaban J connectivity index is 1.58. The van der Waals surface area contributed by atoms with Crippen LogP contribution in [0.4, 0.5) is 8.78 Å². The Morgan fingerprint density at radius 1 is 1.11 bits per heavy atom. The summed E-state index contributed by atoms with van der Waals surface area (Å²) in [7, 11) is 1.73.